The zero-order valence-corrected chi connectivity index (χ0v) is 48.4. The van der Waals surface area contributed by atoms with Crippen LogP contribution >= 0.6 is 71.3 Å². The Kier molecular flexibility index (Phi) is 25.7. The van der Waals surface area contributed by atoms with Crippen molar-refractivity contribution >= 4 is 89.2 Å². The van der Waals surface area contributed by atoms with Crippen molar-refractivity contribution in [2.75, 3.05) is 31.6 Å². The third-order valence-electron chi connectivity index (χ3n) is 11.0. The molecule has 76 heavy (non-hydrogen) atoms. The molecular weight excluding hydrogens is 1070 g/mol. The Balaban J connectivity index is 1.44. The first kappa shape index (κ1) is 60.6. The van der Waals surface area contributed by atoms with Crippen molar-refractivity contribution in [3.8, 4) is 0 Å². The summed E-state index contributed by atoms with van der Waals surface area (Å²) < 4.78 is 9.23. The average Bonchev–Trinajstić information content (AvgIpc) is 3.43. The van der Waals surface area contributed by atoms with Gasteiger partial charge < -0.3 is 15.4 Å². The van der Waals surface area contributed by atoms with Crippen LogP contribution < -0.4 is 17.4 Å². The van der Waals surface area contributed by atoms with E-state index in [4.69, 9.17) is 22.2 Å². The van der Waals surface area contributed by atoms with Gasteiger partial charge in [0.25, 0.3) is 11.8 Å². The third kappa shape index (κ3) is 20.6. The summed E-state index contributed by atoms with van der Waals surface area (Å²) >= 11 is 8.59. The number of nitrogens with two attached hydrogens (primary N) is 3. The highest BCUT2D eigenvalue weighted by molar-refractivity contribution is 8.11. The lowest BCUT2D eigenvalue weighted by Gasteiger charge is -2.44. The Morgan fingerprint density at radius 1 is 0.474 bits per heavy atom. The van der Waals surface area contributed by atoms with Gasteiger partial charge in [-0.05, 0) is 102 Å². The molecule has 0 aromatic heterocycles. The van der Waals surface area contributed by atoms with Crippen LogP contribution in [0.1, 0.15) is 54.2 Å². The number of hydrazine groups is 6. The topological polar surface area (TPSA) is 161 Å². The van der Waals surface area contributed by atoms with Crippen LogP contribution in [0, 0.1) is 0 Å². The first-order valence-corrected chi connectivity index (χ1v) is 30.8. The lowest BCUT2D eigenvalue weighted by atomic mass is 10.2. The molecule has 0 bridgehead atoms. The van der Waals surface area contributed by atoms with E-state index in [1.807, 2.05) is 182 Å². The number of carbonyl (C=O) groups excluding carboxylic acids is 3. The number of hydrogen-bond donors (Lipinski definition) is 3. The number of nitrogens with zero attached hydrogens (tertiary/aromatic N) is 7. The van der Waals surface area contributed by atoms with Crippen LogP contribution in [-0.4, -0.2) is 100 Å². The second-order valence-electron chi connectivity index (χ2n) is 18.3. The van der Waals surface area contributed by atoms with Crippen molar-refractivity contribution in [3.63, 3.8) is 0 Å². The molecule has 0 aliphatic heterocycles. The number of carbonyl (C=O) groups is 3. The Hall–Kier alpha value is -4.65. The van der Waals surface area contributed by atoms with Gasteiger partial charge >= 0.3 is 6.09 Å². The SMILES string of the molecule is CN(CCN(N)N(C(=O)[C@H](CSCc1ccccc1)N(N)N(C(=O)[C@@H](N)CSCc1ccccc1)N(SCc1ccccc1)SCc1ccccc1)N(SCc1ccccc1)SCc1ccccc1)C(=O)OC(C)(C)C. The van der Waals surface area contributed by atoms with Crippen molar-refractivity contribution in [1.29, 1.82) is 0 Å². The number of thioether (sulfide) groups is 2. The number of hydrogen-bond acceptors (Lipinski definition) is 17. The first-order valence-electron chi connectivity index (χ1n) is 24.7. The van der Waals surface area contributed by atoms with Gasteiger partial charge in [0.05, 0.1) is 12.6 Å². The highest BCUT2D eigenvalue weighted by atomic mass is 32.2. The molecule has 0 aliphatic rings. The smallest absolute Gasteiger partial charge is 0.410 e. The summed E-state index contributed by atoms with van der Waals surface area (Å²) in [7, 11) is 1.63. The van der Waals surface area contributed by atoms with E-state index in [2.05, 4.69) is 0 Å². The van der Waals surface area contributed by atoms with Gasteiger partial charge in [-0.2, -0.15) is 33.8 Å². The van der Waals surface area contributed by atoms with Crippen molar-refractivity contribution in [3.05, 3.63) is 215 Å². The molecule has 14 nitrogen and oxygen atoms in total. The van der Waals surface area contributed by atoms with Crippen LogP contribution in [0.2, 0.25) is 0 Å². The maximum Gasteiger partial charge on any atom is 0.410 e. The van der Waals surface area contributed by atoms with Gasteiger partial charge in [-0.1, -0.05) is 190 Å². The Bertz CT molecular complexity index is 2520. The Morgan fingerprint density at radius 2 is 0.803 bits per heavy atom. The molecule has 0 unspecified atom stereocenters. The van der Waals surface area contributed by atoms with Crippen molar-refractivity contribution in [2.45, 2.75) is 73.0 Å². The van der Waals surface area contributed by atoms with Gasteiger partial charge in [-0.15, -0.1) is 10.2 Å². The first-order chi connectivity index (χ1) is 36.8. The zero-order chi connectivity index (χ0) is 54.1. The normalized spacial score (nSPS) is 12.5. The lowest BCUT2D eigenvalue weighted by molar-refractivity contribution is -0.191. The quantitative estimate of drug-likeness (QED) is 0.0222. The number of benzene rings is 6. The Morgan fingerprint density at radius 3 is 1.16 bits per heavy atom. The zero-order valence-electron chi connectivity index (χ0n) is 43.5. The maximum absolute atomic E-state index is 16.3. The number of rotatable bonds is 30. The van der Waals surface area contributed by atoms with Gasteiger partial charge in [0, 0.05) is 59.6 Å². The molecule has 0 saturated carbocycles. The second-order valence-corrected chi connectivity index (χ2v) is 24.4. The van der Waals surface area contributed by atoms with E-state index in [0.717, 1.165) is 33.4 Å². The van der Waals surface area contributed by atoms with Crippen LogP contribution in [0.4, 0.5) is 4.79 Å². The van der Waals surface area contributed by atoms with Gasteiger partial charge in [-0.3, -0.25) is 9.59 Å². The van der Waals surface area contributed by atoms with Gasteiger partial charge in [-0.25, -0.2) is 16.5 Å². The molecule has 0 saturated heterocycles. The van der Waals surface area contributed by atoms with Crippen LogP contribution in [0.5, 0.6) is 0 Å². The minimum absolute atomic E-state index is 0.00234. The van der Waals surface area contributed by atoms with Crippen molar-refractivity contribution in [2.24, 2.45) is 17.4 Å². The van der Waals surface area contributed by atoms with E-state index in [-0.39, 0.29) is 24.6 Å². The van der Waals surface area contributed by atoms with E-state index < -0.39 is 35.6 Å². The minimum atomic E-state index is -1.24. The third-order valence-corrected chi connectivity index (χ3v) is 17.8. The van der Waals surface area contributed by atoms with Crippen molar-refractivity contribution < 1.29 is 19.1 Å². The van der Waals surface area contributed by atoms with Crippen LogP contribution in [0.3, 0.4) is 0 Å². The molecule has 6 aromatic carbocycles. The number of ether oxygens (including phenoxy) is 1. The molecule has 6 aromatic rings. The monoisotopic (exact) mass is 1140 g/mol. The minimum Gasteiger partial charge on any atom is -0.444 e. The molecule has 6 rings (SSSR count). The summed E-state index contributed by atoms with van der Waals surface area (Å²) in [5, 5.41) is 5.31. The summed E-state index contributed by atoms with van der Waals surface area (Å²) in [4.78, 5) is 46.5. The predicted octanol–water partition coefficient (Wildman–Crippen LogP) is 11.1. The molecule has 2 atom stereocenters. The molecule has 3 amide bonds. The largest absolute Gasteiger partial charge is 0.444 e. The fourth-order valence-electron chi connectivity index (χ4n) is 6.95. The lowest BCUT2D eigenvalue weighted by Crippen LogP contribution is -2.68. The van der Waals surface area contributed by atoms with Gasteiger partial charge in [0.15, 0.2) is 0 Å². The summed E-state index contributed by atoms with van der Waals surface area (Å²) in [6, 6.07) is 57.6. The highest BCUT2D eigenvalue weighted by Crippen LogP contribution is 2.35. The van der Waals surface area contributed by atoms with Crippen LogP contribution in [0.25, 0.3) is 0 Å². The second kappa shape index (κ2) is 32.3. The predicted molar refractivity (Wildman–Crippen MR) is 321 cm³/mol. The summed E-state index contributed by atoms with van der Waals surface area (Å²) in [6.45, 7) is 5.51. The van der Waals surface area contributed by atoms with E-state index in [1.165, 1.54) is 84.9 Å². The van der Waals surface area contributed by atoms with E-state index in [1.54, 1.807) is 47.2 Å². The Labute approximate surface area is 475 Å². The van der Waals surface area contributed by atoms with Crippen molar-refractivity contribution in [1.82, 2.24) is 33.0 Å². The molecule has 0 radical (unpaired) electrons. The standard InChI is InChI=1S/C56H70N10O4S6/c1-56(2,3)70-55(69)60(4)35-36-61(58)63(65(73-39-47-27-15-7-16-28-47)74-40-48-29-17-8-18-30-48)54(68)52(44-72-38-46-25-13-6-14-26-46)62(59)64(53(67)51(57)43-71-37-45-23-11-5-12-24-45)66(75-41-49-31-19-9-20-32-49)76-42-50-33-21-10-22-34-50/h5-34,51-52H,35-44,57-59H2,1-4H3/t51-,52-/m0/s1. The molecule has 404 valence electrons. The maximum atomic E-state index is 16.3. The molecule has 6 N–H and O–H groups in total. The van der Waals surface area contributed by atoms with Crippen LogP contribution in [-0.2, 0) is 48.8 Å². The fourth-order valence-corrected chi connectivity index (χ4v) is 13.1. The highest BCUT2D eigenvalue weighted by Gasteiger charge is 2.42. The molecule has 20 heteroatoms. The average molecular weight is 1140 g/mol. The molecule has 0 spiro atoms. The van der Waals surface area contributed by atoms with E-state index in [0.29, 0.717) is 34.5 Å². The van der Waals surface area contributed by atoms with E-state index >= 15 is 9.59 Å². The van der Waals surface area contributed by atoms with Gasteiger partial charge in [0.2, 0.25) is 0 Å². The van der Waals surface area contributed by atoms with Gasteiger partial charge in [0.1, 0.15) is 11.6 Å². The summed E-state index contributed by atoms with van der Waals surface area (Å²) in [5.74, 6) is 17.1. The fraction of sp³-hybridized carbons (Fsp3) is 0.304. The summed E-state index contributed by atoms with van der Waals surface area (Å²) in [5.41, 5.74) is 12.5. The molecular formula is C56H70N10O4S6. The summed E-state index contributed by atoms with van der Waals surface area (Å²) in [6.07, 6.45) is -0.538. The molecule has 0 aliphatic carbocycles. The number of amides is 3. The molecule has 0 fully saturated rings. The van der Waals surface area contributed by atoms with Crippen LogP contribution in [0.15, 0.2) is 182 Å². The number of likely N-dealkylation sites (N-methyl/N-ethyl adjacent to an activating group) is 1. The van der Waals surface area contributed by atoms with E-state index in [9.17, 15) is 4.79 Å². The molecule has 0 heterocycles.